The maximum Gasteiger partial charge on any atom is 0.225 e. The van der Waals surface area contributed by atoms with Crippen LogP contribution in [0.4, 0.5) is 0 Å². The molecule has 0 amide bonds. The minimum Gasteiger partial charge on any atom is -0.294 e. The van der Waals surface area contributed by atoms with Crippen molar-refractivity contribution in [3.63, 3.8) is 0 Å². The molecule has 2 rings (SSSR count). The Labute approximate surface area is 112 Å². The van der Waals surface area contributed by atoms with E-state index in [2.05, 4.69) is 10.2 Å². The predicted octanol–water partition coefficient (Wildman–Crippen LogP) is 1.76. The smallest absolute Gasteiger partial charge is 0.225 e. The first-order valence-corrected chi connectivity index (χ1v) is 8.07. The minimum atomic E-state index is -2.99. The highest BCUT2D eigenvalue weighted by molar-refractivity contribution is 7.91. The van der Waals surface area contributed by atoms with Gasteiger partial charge in [0.1, 0.15) is 5.82 Å². The van der Waals surface area contributed by atoms with Crippen molar-refractivity contribution in [1.82, 2.24) is 14.8 Å². The normalized spacial score (nSPS) is 27.6. The van der Waals surface area contributed by atoms with Crippen molar-refractivity contribution in [1.29, 1.82) is 0 Å². The highest BCUT2D eigenvalue weighted by Gasteiger charge is 2.43. The van der Waals surface area contributed by atoms with Crippen LogP contribution >= 0.6 is 11.6 Å². The zero-order chi connectivity index (χ0) is 13.8. The molecule has 0 spiro atoms. The van der Waals surface area contributed by atoms with E-state index >= 15 is 0 Å². The van der Waals surface area contributed by atoms with E-state index in [1.165, 1.54) is 0 Å². The summed E-state index contributed by atoms with van der Waals surface area (Å²) in [5.74, 6) is 1.02. The third-order valence-corrected chi connectivity index (χ3v) is 5.45. The van der Waals surface area contributed by atoms with Crippen molar-refractivity contribution < 1.29 is 8.42 Å². The van der Waals surface area contributed by atoms with Crippen LogP contribution in [0.1, 0.15) is 39.9 Å². The Balaban J connectivity index is 2.56. The standard InChI is InChI=1S/C11H18ClN3O2S/c1-10(2,3)8-13-14-9(12)15(8)11(4)5-6-18(16,17)7-11/h5-7H2,1-4H3. The lowest BCUT2D eigenvalue weighted by atomic mass is 9.93. The van der Waals surface area contributed by atoms with Crippen LogP contribution in [-0.2, 0) is 20.8 Å². The lowest BCUT2D eigenvalue weighted by Gasteiger charge is -2.30. The van der Waals surface area contributed by atoms with Crippen molar-refractivity contribution in [2.24, 2.45) is 0 Å². The molecule has 0 saturated carbocycles. The van der Waals surface area contributed by atoms with Crippen LogP contribution in [0.15, 0.2) is 0 Å². The molecule has 0 radical (unpaired) electrons. The van der Waals surface area contributed by atoms with Gasteiger partial charge < -0.3 is 0 Å². The zero-order valence-electron chi connectivity index (χ0n) is 11.1. The van der Waals surface area contributed by atoms with Crippen LogP contribution in [0.5, 0.6) is 0 Å². The third kappa shape index (κ3) is 2.28. The molecule has 1 aromatic rings. The predicted molar refractivity (Wildman–Crippen MR) is 70.7 cm³/mol. The van der Waals surface area contributed by atoms with Gasteiger partial charge in [-0.05, 0) is 24.9 Å². The van der Waals surface area contributed by atoms with Gasteiger partial charge in [-0.3, -0.25) is 4.57 Å². The van der Waals surface area contributed by atoms with E-state index < -0.39 is 15.4 Å². The first-order valence-electron chi connectivity index (χ1n) is 5.87. The summed E-state index contributed by atoms with van der Waals surface area (Å²) < 4.78 is 25.2. The fourth-order valence-electron chi connectivity index (χ4n) is 2.40. The van der Waals surface area contributed by atoms with Crippen molar-refractivity contribution in [3.8, 4) is 0 Å². The summed E-state index contributed by atoms with van der Waals surface area (Å²) in [5, 5.41) is 8.28. The summed E-state index contributed by atoms with van der Waals surface area (Å²) >= 11 is 6.11. The molecule has 1 aliphatic rings. The van der Waals surface area contributed by atoms with Crippen molar-refractivity contribution in [2.75, 3.05) is 11.5 Å². The highest BCUT2D eigenvalue weighted by Crippen LogP contribution is 2.36. The van der Waals surface area contributed by atoms with Gasteiger partial charge in [-0.25, -0.2) is 8.42 Å². The van der Waals surface area contributed by atoms with Crippen molar-refractivity contribution >= 4 is 21.4 Å². The summed E-state index contributed by atoms with van der Waals surface area (Å²) in [4.78, 5) is 0. The van der Waals surface area contributed by atoms with Crippen LogP contribution in [-0.4, -0.2) is 34.7 Å². The molecule has 0 aliphatic carbocycles. The van der Waals surface area contributed by atoms with Crippen molar-refractivity contribution in [3.05, 3.63) is 11.1 Å². The Bertz CT molecular complexity index is 574. The molecule has 0 N–H and O–H groups in total. The number of aromatic nitrogens is 3. The first kappa shape index (κ1) is 13.8. The van der Waals surface area contributed by atoms with E-state index in [1.54, 1.807) is 4.57 Å². The Morgan fingerprint density at radius 3 is 2.39 bits per heavy atom. The van der Waals surface area contributed by atoms with Gasteiger partial charge in [0.2, 0.25) is 5.28 Å². The van der Waals surface area contributed by atoms with E-state index in [9.17, 15) is 8.42 Å². The SMILES string of the molecule is CC(C)(C)c1nnc(Cl)n1C1(C)CCS(=O)(=O)C1. The molecule has 1 aliphatic heterocycles. The molecule has 1 aromatic heterocycles. The maximum absolute atomic E-state index is 11.7. The largest absolute Gasteiger partial charge is 0.294 e. The van der Waals surface area contributed by atoms with Gasteiger partial charge in [-0.15, -0.1) is 10.2 Å². The minimum absolute atomic E-state index is 0.0981. The molecular formula is C11H18ClN3O2S. The van der Waals surface area contributed by atoms with Gasteiger partial charge in [-0.2, -0.15) is 0 Å². The Morgan fingerprint density at radius 1 is 1.33 bits per heavy atom. The monoisotopic (exact) mass is 291 g/mol. The molecule has 102 valence electrons. The Kier molecular flexibility index (Phi) is 3.02. The van der Waals surface area contributed by atoms with E-state index in [0.29, 0.717) is 6.42 Å². The van der Waals surface area contributed by atoms with Crippen LogP contribution in [0.2, 0.25) is 5.28 Å². The molecule has 18 heavy (non-hydrogen) atoms. The number of sulfone groups is 1. The topological polar surface area (TPSA) is 64.8 Å². The van der Waals surface area contributed by atoms with E-state index in [1.807, 2.05) is 27.7 Å². The molecular weight excluding hydrogens is 274 g/mol. The van der Waals surface area contributed by atoms with Gasteiger partial charge in [0, 0.05) is 5.41 Å². The van der Waals surface area contributed by atoms with Gasteiger partial charge >= 0.3 is 0 Å². The first-order chi connectivity index (χ1) is 8.05. The van der Waals surface area contributed by atoms with Gasteiger partial charge in [0.25, 0.3) is 0 Å². The second kappa shape index (κ2) is 3.93. The van der Waals surface area contributed by atoms with E-state index in [0.717, 1.165) is 5.82 Å². The number of hydrogen-bond acceptors (Lipinski definition) is 4. The average Bonchev–Trinajstić information content (AvgIpc) is 2.67. The molecule has 7 heteroatoms. The third-order valence-electron chi connectivity index (χ3n) is 3.32. The number of rotatable bonds is 1. The quantitative estimate of drug-likeness (QED) is 0.791. The molecule has 5 nitrogen and oxygen atoms in total. The fourth-order valence-corrected chi connectivity index (χ4v) is 4.84. The van der Waals surface area contributed by atoms with Crippen LogP contribution < -0.4 is 0 Å². The van der Waals surface area contributed by atoms with Gasteiger partial charge in [0.15, 0.2) is 9.84 Å². The second-order valence-corrected chi connectivity index (χ2v) is 8.74. The molecule has 1 atom stereocenters. The summed E-state index contributed by atoms with van der Waals surface area (Å²) in [6.07, 6.45) is 0.552. The second-order valence-electron chi connectivity index (χ2n) is 6.22. The number of hydrogen-bond donors (Lipinski definition) is 0. The van der Waals surface area contributed by atoms with Crippen LogP contribution in [0, 0.1) is 0 Å². The number of nitrogens with zero attached hydrogens (tertiary/aromatic N) is 3. The Morgan fingerprint density at radius 2 is 1.94 bits per heavy atom. The zero-order valence-corrected chi connectivity index (χ0v) is 12.6. The average molecular weight is 292 g/mol. The van der Waals surface area contributed by atoms with E-state index in [4.69, 9.17) is 11.6 Å². The molecule has 0 bridgehead atoms. The summed E-state index contributed by atoms with van der Waals surface area (Å²) in [6, 6.07) is 0. The number of halogens is 1. The summed E-state index contributed by atoms with van der Waals surface area (Å²) in [7, 11) is -2.99. The van der Waals surface area contributed by atoms with Crippen molar-refractivity contribution in [2.45, 2.75) is 45.1 Å². The Hall–Kier alpha value is -0.620. The van der Waals surface area contributed by atoms with Crippen LogP contribution in [0.25, 0.3) is 0 Å². The summed E-state index contributed by atoms with van der Waals surface area (Å²) in [5.41, 5.74) is -0.766. The highest BCUT2D eigenvalue weighted by atomic mass is 35.5. The molecule has 2 heterocycles. The maximum atomic E-state index is 11.7. The van der Waals surface area contributed by atoms with E-state index in [-0.39, 0.29) is 22.2 Å². The fraction of sp³-hybridized carbons (Fsp3) is 0.818. The summed E-state index contributed by atoms with van der Waals surface area (Å²) in [6.45, 7) is 7.94. The molecule has 1 fully saturated rings. The lowest BCUT2D eigenvalue weighted by molar-refractivity contribution is 0.331. The molecule has 1 saturated heterocycles. The van der Waals surface area contributed by atoms with Gasteiger partial charge in [0.05, 0.1) is 17.0 Å². The van der Waals surface area contributed by atoms with Crippen LogP contribution in [0.3, 0.4) is 0 Å². The molecule has 0 aromatic carbocycles. The lowest BCUT2D eigenvalue weighted by Crippen LogP contribution is -2.36. The van der Waals surface area contributed by atoms with Gasteiger partial charge in [-0.1, -0.05) is 20.8 Å². The molecule has 1 unspecified atom stereocenters.